The molecule has 0 bridgehead atoms. The maximum atomic E-state index is 3.40. The first kappa shape index (κ1) is 13.6. The maximum Gasteiger partial charge on any atom is 0.0230 e. The average molecular weight is 246 g/mol. The predicted octanol–water partition coefficient (Wildman–Crippen LogP) is 2.90. The van der Waals surface area contributed by atoms with Crippen molar-refractivity contribution in [3.8, 4) is 0 Å². The van der Waals surface area contributed by atoms with E-state index in [9.17, 15) is 0 Å². The van der Waals surface area contributed by atoms with E-state index < -0.39 is 0 Å². The number of hydrogen-bond donors (Lipinski definition) is 1. The van der Waals surface area contributed by atoms with Crippen LogP contribution in [-0.2, 0) is 6.54 Å². The number of hydrogen-bond acceptors (Lipinski definition) is 2. The van der Waals surface area contributed by atoms with Gasteiger partial charge >= 0.3 is 0 Å². The minimum atomic E-state index is 0.765. The summed E-state index contributed by atoms with van der Waals surface area (Å²) < 4.78 is 0. The van der Waals surface area contributed by atoms with Crippen LogP contribution in [0.3, 0.4) is 0 Å². The maximum absolute atomic E-state index is 3.40. The highest BCUT2D eigenvalue weighted by Gasteiger charge is 2.20. The fourth-order valence-electron chi connectivity index (χ4n) is 3.03. The molecule has 1 aromatic rings. The smallest absolute Gasteiger partial charge is 0.0230 e. The van der Waals surface area contributed by atoms with Crippen molar-refractivity contribution in [1.29, 1.82) is 0 Å². The summed E-state index contributed by atoms with van der Waals surface area (Å²) in [6, 6.07) is 11.5. The molecule has 0 amide bonds. The first-order valence-electron chi connectivity index (χ1n) is 7.17. The first-order valence-corrected chi connectivity index (χ1v) is 7.17. The highest BCUT2D eigenvalue weighted by Crippen LogP contribution is 2.24. The van der Waals surface area contributed by atoms with E-state index in [0.29, 0.717) is 0 Å². The third-order valence-corrected chi connectivity index (χ3v) is 4.12. The van der Waals surface area contributed by atoms with Gasteiger partial charge in [0, 0.05) is 19.1 Å². The van der Waals surface area contributed by atoms with Crippen LogP contribution in [0.1, 0.15) is 31.2 Å². The van der Waals surface area contributed by atoms with E-state index in [2.05, 4.69) is 54.6 Å². The molecule has 0 unspecified atom stereocenters. The van der Waals surface area contributed by atoms with Gasteiger partial charge in [0.05, 0.1) is 0 Å². The third-order valence-electron chi connectivity index (χ3n) is 4.12. The van der Waals surface area contributed by atoms with E-state index in [4.69, 9.17) is 0 Å². The summed E-state index contributed by atoms with van der Waals surface area (Å²) in [5, 5.41) is 3.40. The second kappa shape index (κ2) is 6.91. The van der Waals surface area contributed by atoms with Crippen molar-refractivity contribution in [2.75, 3.05) is 20.6 Å². The summed E-state index contributed by atoms with van der Waals surface area (Å²) in [6.45, 7) is 2.32. The molecule has 2 nitrogen and oxygen atoms in total. The zero-order valence-corrected chi connectivity index (χ0v) is 11.7. The molecule has 0 aromatic heterocycles. The van der Waals surface area contributed by atoms with Gasteiger partial charge in [0.1, 0.15) is 0 Å². The second-order valence-corrected chi connectivity index (χ2v) is 5.69. The highest BCUT2D eigenvalue weighted by molar-refractivity contribution is 5.14. The summed E-state index contributed by atoms with van der Waals surface area (Å²) in [4.78, 5) is 2.47. The summed E-state index contributed by atoms with van der Waals surface area (Å²) in [5.41, 5.74) is 1.42. The Kier molecular flexibility index (Phi) is 5.21. The van der Waals surface area contributed by atoms with Gasteiger partial charge in [-0.15, -0.1) is 0 Å². The standard InChI is InChI=1S/C16H26N2/c1-17-16-10-8-15(9-11-16)13-18(2)12-14-6-4-3-5-7-14/h3-7,15-17H,8-13H2,1-2H3. The number of rotatable bonds is 5. The van der Waals surface area contributed by atoms with Crippen LogP contribution >= 0.6 is 0 Å². The van der Waals surface area contributed by atoms with E-state index in [1.54, 1.807) is 0 Å². The van der Waals surface area contributed by atoms with E-state index in [1.807, 2.05) is 0 Å². The molecular weight excluding hydrogens is 220 g/mol. The topological polar surface area (TPSA) is 15.3 Å². The molecular formula is C16H26N2. The molecule has 18 heavy (non-hydrogen) atoms. The summed E-state index contributed by atoms with van der Waals surface area (Å²) in [6.07, 6.45) is 5.45. The molecule has 0 radical (unpaired) electrons. The molecule has 0 aliphatic heterocycles. The Morgan fingerprint density at radius 1 is 1.11 bits per heavy atom. The van der Waals surface area contributed by atoms with Crippen molar-refractivity contribution in [2.45, 2.75) is 38.3 Å². The van der Waals surface area contributed by atoms with Crippen LogP contribution in [-0.4, -0.2) is 31.6 Å². The average Bonchev–Trinajstić information content (AvgIpc) is 2.40. The van der Waals surface area contributed by atoms with Crippen LogP contribution in [0.5, 0.6) is 0 Å². The Bertz CT molecular complexity index is 328. The Balaban J connectivity index is 1.73. The zero-order chi connectivity index (χ0) is 12.8. The van der Waals surface area contributed by atoms with Crippen molar-refractivity contribution in [3.05, 3.63) is 35.9 Å². The van der Waals surface area contributed by atoms with Gasteiger partial charge in [0.2, 0.25) is 0 Å². The summed E-state index contributed by atoms with van der Waals surface area (Å²) >= 11 is 0. The molecule has 0 saturated heterocycles. The van der Waals surface area contributed by atoms with E-state index in [-0.39, 0.29) is 0 Å². The molecule has 1 saturated carbocycles. The molecule has 2 rings (SSSR count). The van der Waals surface area contributed by atoms with Crippen LogP contribution in [0.15, 0.2) is 30.3 Å². The van der Waals surface area contributed by atoms with Crippen LogP contribution < -0.4 is 5.32 Å². The SMILES string of the molecule is CNC1CCC(CN(C)Cc2ccccc2)CC1. The lowest BCUT2D eigenvalue weighted by Crippen LogP contribution is -2.34. The van der Waals surface area contributed by atoms with Gasteiger partial charge in [-0.05, 0) is 51.3 Å². The van der Waals surface area contributed by atoms with Crippen molar-refractivity contribution in [2.24, 2.45) is 5.92 Å². The lowest BCUT2D eigenvalue weighted by molar-refractivity contribution is 0.211. The Labute approximate surface area is 111 Å². The van der Waals surface area contributed by atoms with Gasteiger partial charge in [-0.3, -0.25) is 0 Å². The molecule has 1 aliphatic carbocycles. The molecule has 2 heteroatoms. The quantitative estimate of drug-likeness (QED) is 0.859. The van der Waals surface area contributed by atoms with Crippen LogP contribution in [0.25, 0.3) is 0 Å². The lowest BCUT2D eigenvalue weighted by Gasteiger charge is -2.31. The van der Waals surface area contributed by atoms with Gasteiger partial charge in [0.25, 0.3) is 0 Å². The zero-order valence-electron chi connectivity index (χ0n) is 11.7. The number of nitrogens with one attached hydrogen (secondary N) is 1. The second-order valence-electron chi connectivity index (χ2n) is 5.69. The van der Waals surface area contributed by atoms with Gasteiger partial charge in [-0.1, -0.05) is 30.3 Å². The van der Waals surface area contributed by atoms with Crippen molar-refractivity contribution >= 4 is 0 Å². The monoisotopic (exact) mass is 246 g/mol. The molecule has 1 aromatic carbocycles. The molecule has 0 heterocycles. The molecule has 0 atom stereocenters. The minimum Gasteiger partial charge on any atom is -0.317 e. The summed E-state index contributed by atoms with van der Waals surface area (Å²) in [7, 11) is 4.34. The van der Waals surface area contributed by atoms with E-state index in [1.165, 1.54) is 37.8 Å². The Hall–Kier alpha value is -0.860. The predicted molar refractivity (Wildman–Crippen MR) is 77.6 cm³/mol. The summed E-state index contributed by atoms with van der Waals surface area (Å²) in [5.74, 6) is 0.892. The first-order chi connectivity index (χ1) is 8.78. The highest BCUT2D eigenvalue weighted by atomic mass is 15.1. The van der Waals surface area contributed by atoms with Gasteiger partial charge < -0.3 is 10.2 Å². The van der Waals surface area contributed by atoms with Crippen molar-refractivity contribution < 1.29 is 0 Å². The van der Waals surface area contributed by atoms with Crippen LogP contribution in [0.4, 0.5) is 0 Å². The van der Waals surface area contributed by atoms with E-state index in [0.717, 1.165) is 18.5 Å². The van der Waals surface area contributed by atoms with Crippen molar-refractivity contribution in [3.63, 3.8) is 0 Å². The van der Waals surface area contributed by atoms with Gasteiger partial charge in [-0.25, -0.2) is 0 Å². The molecule has 1 N–H and O–H groups in total. The molecule has 0 spiro atoms. The number of nitrogens with zero attached hydrogens (tertiary/aromatic N) is 1. The van der Waals surface area contributed by atoms with Gasteiger partial charge in [0.15, 0.2) is 0 Å². The molecule has 1 aliphatic rings. The van der Waals surface area contributed by atoms with Gasteiger partial charge in [-0.2, -0.15) is 0 Å². The van der Waals surface area contributed by atoms with Crippen molar-refractivity contribution in [1.82, 2.24) is 10.2 Å². The van der Waals surface area contributed by atoms with E-state index >= 15 is 0 Å². The van der Waals surface area contributed by atoms with Crippen LogP contribution in [0, 0.1) is 5.92 Å². The third kappa shape index (κ3) is 4.11. The normalized spacial score (nSPS) is 24.4. The van der Waals surface area contributed by atoms with Crippen LogP contribution in [0.2, 0.25) is 0 Å². The lowest BCUT2D eigenvalue weighted by atomic mass is 9.86. The number of benzene rings is 1. The molecule has 1 fully saturated rings. The molecule has 100 valence electrons. The fraction of sp³-hybridized carbons (Fsp3) is 0.625. The minimum absolute atomic E-state index is 0.765. The Morgan fingerprint density at radius 3 is 2.39 bits per heavy atom. The Morgan fingerprint density at radius 2 is 1.78 bits per heavy atom. The fourth-order valence-corrected chi connectivity index (χ4v) is 3.03. The largest absolute Gasteiger partial charge is 0.317 e.